The van der Waals surface area contributed by atoms with E-state index in [0.29, 0.717) is 17.3 Å². The van der Waals surface area contributed by atoms with Crippen molar-refractivity contribution in [2.24, 2.45) is 11.7 Å². The monoisotopic (exact) mass is 221 g/mol. The van der Waals surface area contributed by atoms with Crippen molar-refractivity contribution < 1.29 is 4.79 Å². The van der Waals surface area contributed by atoms with E-state index in [9.17, 15) is 4.79 Å². The van der Waals surface area contributed by atoms with Crippen LogP contribution in [-0.2, 0) is 0 Å². The molecule has 0 aliphatic rings. The van der Waals surface area contributed by atoms with Gasteiger partial charge in [0.25, 0.3) is 5.91 Å². The van der Waals surface area contributed by atoms with E-state index in [4.69, 9.17) is 5.73 Å². The molecule has 0 aliphatic heterocycles. The van der Waals surface area contributed by atoms with Crippen LogP contribution in [0.25, 0.3) is 0 Å². The maximum absolute atomic E-state index is 11.2. The fourth-order valence-electron chi connectivity index (χ4n) is 1.72. The highest BCUT2D eigenvalue weighted by atomic mass is 16.1. The average Bonchev–Trinajstić information content (AvgIpc) is 2.16. The molecule has 1 rings (SSSR count). The van der Waals surface area contributed by atoms with E-state index >= 15 is 0 Å². The smallest absolute Gasteiger partial charge is 0.252 e. The van der Waals surface area contributed by atoms with E-state index in [1.807, 2.05) is 0 Å². The van der Waals surface area contributed by atoms with E-state index in [0.717, 1.165) is 6.42 Å². The van der Waals surface area contributed by atoms with E-state index in [-0.39, 0.29) is 6.04 Å². The van der Waals surface area contributed by atoms with Crippen molar-refractivity contribution in [1.82, 2.24) is 4.98 Å². The number of aromatic nitrogens is 1. The molecule has 0 saturated carbocycles. The molecule has 1 heterocycles. The molecule has 4 nitrogen and oxygen atoms in total. The lowest BCUT2D eigenvalue weighted by Crippen LogP contribution is -2.22. The Labute approximate surface area is 96.3 Å². The molecule has 0 spiro atoms. The van der Waals surface area contributed by atoms with E-state index < -0.39 is 5.91 Å². The third-order valence-electron chi connectivity index (χ3n) is 2.28. The number of pyridine rings is 1. The lowest BCUT2D eigenvalue weighted by molar-refractivity contribution is 0.100. The number of primary amides is 1. The Morgan fingerprint density at radius 1 is 1.50 bits per heavy atom. The maximum Gasteiger partial charge on any atom is 0.252 e. The minimum absolute atomic E-state index is 0.271. The zero-order valence-corrected chi connectivity index (χ0v) is 10.0. The number of nitrogens with one attached hydrogen (secondary N) is 1. The summed E-state index contributed by atoms with van der Waals surface area (Å²) >= 11 is 0. The number of amides is 1. The predicted octanol–water partition coefficient (Wildman–Crippen LogP) is 2.03. The minimum Gasteiger partial charge on any atom is -0.367 e. The molecule has 0 aliphatic carbocycles. The number of carbonyl (C=O) groups is 1. The number of carbonyl (C=O) groups excluding carboxylic acids is 1. The van der Waals surface area contributed by atoms with E-state index in [1.54, 1.807) is 18.3 Å². The van der Waals surface area contributed by atoms with Gasteiger partial charge in [0.1, 0.15) is 5.82 Å². The van der Waals surface area contributed by atoms with Gasteiger partial charge in [-0.3, -0.25) is 4.79 Å². The normalized spacial score (nSPS) is 12.5. The van der Waals surface area contributed by atoms with Crippen molar-refractivity contribution in [2.45, 2.75) is 33.2 Å². The zero-order chi connectivity index (χ0) is 12.1. The molecule has 0 aromatic carbocycles. The number of hydrogen-bond donors (Lipinski definition) is 2. The molecular weight excluding hydrogens is 202 g/mol. The Bertz CT molecular complexity index is 363. The molecule has 1 atom stereocenters. The van der Waals surface area contributed by atoms with E-state index in [1.165, 1.54) is 0 Å². The highest BCUT2D eigenvalue weighted by molar-refractivity contribution is 5.97. The van der Waals surface area contributed by atoms with Crippen LogP contribution in [0.3, 0.4) is 0 Å². The van der Waals surface area contributed by atoms with Gasteiger partial charge >= 0.3 is 0 Å². The Morgan fingerprint density at radius 3 is 2.75 bits per heavy atom. The molecule has 4 heteroatoms. The van der Waals surface area contributed by atoms with Crippen LogP contribution in [0.4, 0.5) is 5.82 Å². The first-order valence-corrected chi connectivity index (χ1v) is 5.52. The summed E-state index contributed by atoms with van der Waals surface area (Å²) < 4.78 is 0. The molecule has 3 N–H and O–H groups in total. The van der Waals surface area contributed by atoms with Gasteiger partial charge in [-0.05, 0) is 31.4 Å². The summed E-state index contributed by atoms with van der Waals surface area (Å²) in [5, 5.41) is 3.21. The lowest BCUT2D eigenvalue weighted by Gasteiger charge is -2.17. The van der Waals surface area contributed by atoms with Gasteiger partial charge in [-0.25, -0.2) is 4.98 Å². The van der Waals surface area contributed by atoms with Crippen molar-refractivity contribution in [2.75, 3.05) is 5.32 Å². The number of nitrogens with two attached hydrogens (primary N) is 1. The van der Waals surface area contributed by atoms with Gasteiger partial charge in [-0.15, -0.1) is 0 Å². The van der Waals surface area contributed by atoms with Gasteiger partial charge < -0.3 is 11.1 Å². The summed E-state index contributed by atoms with van der Waals surface area (Å²) in [6, 6.07) is 3.66. The fraction of sp³-hybridized carbons (Fsp3) is 0.500. The quantitative estimate of drug-likeness (QED) is 0.799. The lowest BCUT2D eigenvalue weighted by atomic mass is 10.1. The van der Waals surface area contributed by atoms with Crippen LogP contribution in [0, 0.1) is 5.92 Å². The van der Waals surface area contributed by atoms with Crippen molar-refractivity contribution in [3.8, 4) is 0 Å². The molecule has 1 unspecified atom stereocenters. The number of nitrogens with zero attached hydrogens (tertiary/aromatic N) is 1. The van der Waals surface area contributed by atoms with Crippen LogP contribution >= 0.6 is 0 Å². The molecule has 16 heavy (non-hydrogen) atoms. The third kappa shape index (κ3) is 3.53. The first-order valence-electron chi connectivity index (χ1n) is 5.52. The van der Waals surface area contributed by atoms with Gasteiger partial charge in [0.2, 0.25) is 0 Å². The first-order chi connectivity index (χ1) is 7.50. The van der Waals surface area contributed by atoms with Crippen molar-refractivity contribution >= 4 is 11.7 Å². The largest absolute Gasteiger partial charge is 0.367 e. The van der Waals surface area contributed by atoms with Crippen molar-refractivity contribution in [1.29, 1.82) is 0 Å². The fourth-order valence-corrected chi connectivity index (χ4v) is 1.72. The zero-order valence-electron chi connectivity index (χ0n) is 10.0. The summed E-state index contributed by atoms with van der Waals surface area (Å²) in [6.07, 6.45) is 2.67. The summed E-state index contributed by atoms with van der Waals surface area (Å²) in [5.74, 6) is 0.721. The van der Waals surface area contributed by atoms with Gasteiger partial charge in [-0.1, -0.05) is 13.8 Å². The summed E-state index contributed by atoms with van der Waals surface area (Å²) in [5.41, 5.74) is 5.72. The standard InChI is InChI=1S/C12H19N3O/c1-8(2)7-9(3)15-12-10(11(13)16)5-4-6-14-12/h4-6,8-9H,7H2,1-3H3,(H2,13,16)(H,14,15). The molecule has 1 aromatic rings. The van der Waals surface area contributed by atoms with Gasteiger partial charge in [0, 0.05) is 12.2 Å². The summed E-state index contributed by atoms with van der Waals surface area (Å²) in [4.78, 5) is 15.3. The Balaban J connectivity index is 2.76. The van der Waals surface area contributed by atoms with Crippen LogP contribution in [-0.4, -0.2) is 16.9 Å². The topological polar surface area (TPSA) is 68.0 Å². The number of anilines is 1. The van der Waals surface area contributed by atoms with Crippen LogP contribution in [0.5, 0.6) is 0 Å². The first kappa shape index (κ1) is 12.5. The molecular formula is C12H19N3O. The maximum atomic E-state index is 11.2. The Kier molecular flexibility index (Phi) is 4.28. The van der Waals surface area contributed by atoms with Crippen LogP contribution < -0.4 is 11.1 Å². The number of hydrogen-bond acceptors (Lipinski definition) is 3. The summed E-state index contributed by atoms with van der Waals surface area (Å²) in [6.45, 7) is 6.39. The minimum atomic E-state index is -0.452. The highest BCUT2D eigenvalue weighted by Crippen LogP contribution is 2.14. The van der Waals surface area contributed by atoms with Gasteiger partial charge in [-0.2, -0.15) is 0 Å². The summed E-state index contributed by atoms with van der Waals surface area (Å²) in [7, 11) is 0. The molecule has 1 aromatic heterocycles. The highest BCUT2D eigenvalue weighted by Gasteiger charge is 2.11. The van der Waals surface area contributed by atoms with Gasteiger partial charge in [0.05, 0.1) is 5.56 Å². The molecule has 0 radical (unpaired) electrons. The second kappa shape index (κ2) is 5.49. The Morgan fingerprint density at radius 2 is 2.19 bits per heavy atom. The van der Waals surface area contributed by atoms with Crippen LogP contribution in [0.15, 0.2) is 18.3 Å². The average molecular weight is 221 g/mol. The molecule has 0 saturated heterocycles. The predicted molar refractivity (Wildman–Crippen MR) is 65.3 cm³/mol. The van der Waals surface area contributed by atoms with Gasteiger partial charge in [0.15, 0.2) is 0 Å². The third-order valence-corrected chi connectivity index (χ3v) is 2.28. The van der Waals surface area contributed by atoms with Crippen molar-refractivity contribution in [3.63, 3.8) is 0 Å². The molecule has 0 bridgehead atoms. The van der Waals surface area contributed by atoms with Crippen LogP contribution in [0.2, 0.25) is 0 Å². The second-order valence-corrected chi connectivity index (χ2v) is 4.44. The van der Waals surface area contributed by atoms with Crippen molar-refractivity contribution in [3.05, 3.63) is 23.9 Å². The molecule has 88 valence electrons. The second-order valence-electron chi connectivity index (χ2n) is 4.44. The SMILES string of the molecule is CC(C)CC(C)Nc1ncccc1C(N)=O. The molecule has 1 amide bonds. The number of rotatable bonds is 5. The molecule has 0 fully saturated rings. The van der Waals surface area contributed by atoms with E-state index in [2.05, 4.69) is 31.1 Å². The van der Waals surface area contributed by atoms with Crippen LogP contribution in [0.1, 0.15) is 37.6 Å². The Hall–Kier alpha value is -1.58.